The van der Waals surface area contributed by atoms with E-state index in [1.54, 1.807) is 0 Å². The van der Waals surface area contributed by atoms with Gasteiger partial charge in [-0.05, 0) is 18.2 Å². The zero-order valence-electron chi connectivity index (χ0n) is 8.24. The van der Waals surface area contributed by atoms with E-state index in [-0.39, 0.29) is 10.6 Å². The van der Waals surface area contributed by atoms with Gasteiger partial charge in [-0.3, -0.25) is 4.79 Å². The van der Waals surface area contributed by atoms with E-state index >= 15 is 0 Å². The minimum absolute atomic E-state index is 0.165. The number of carbonyl (C=O) groups is 2. The average molecular weight is 263 g/mol. The maximum atomic E-state index is 11.6. The first-order valence-electron chi connectivity index (χ1n) is 4.14. The zero-order chi connectivity index (χ0) is 12.3. The van der Waals surface area contributed by atoms with Crippen molar-refractivity contribution in [3.05, 3.63) is 33.8 Å². The molecule has 0 bridgehead atoms. The molecule has 1 aromatic rings. The number of hydroxylamine groups is 1. The summed E-state index contributed by atoms with van der Waals surface area (Å²) < 4.78 is 0. The van der Waals surface area contributed by atoms with Gasteiger partial charge < -0.3 is 4.84 Å². The molecule has 0 saturated carbocycles. The fourth-order valence-electron chi connectivity index (χ4n) is 0.936. The van der Waals surface area contributed by atoms with Crippen LogP contribution >= 0.6 is 23.2 Å². The van der Waals surface area contributed by atoms with Crippen molar-refractivity contribution in [1.29, 1.82) is 0 Å². The topological polar surface area (TPSA) is 72.6 Å². The van der Waals surface area contributed by atoms with Gasteiger partial charge in [-0.2, -0.15) is 0 Å². The lowest BCUT2D eigenvalue weighted by Gasteiger charge is -2.14. The normalized spacial score (nSPS) is 9.75. The van der Waals surface area contributed by atoms with E-state index in [2.05, 4.69) is 4.84 Å². The maximum Gasteiger partial charge on any atom is 0.331 e. The van der Waals surface area contributed by atoms with E-state index < -0.39 is 11.9 Å². The van der Waals surface area contributed by atoms with Gasteiger partial charge in [-0.1, -0.05) is 28.4 Å². The quantitative estimate of drug-likeness (QED) is 0.476. The maximum absolute atomic E-state index is 11.6. The fraction of sp³-hybridized carbons (Fsp3) is 0.111. The largest absolute Gasteiger partial charge is 0.331 e. The number of hydrogen-bond donors (Lipinski definition) is 1. The summed E-state index contributed by atoms with van der Waals surface area (Å²) in [6, 6.07) is 4.19. The highest BCUT2D eigenvalue weighted by Gasteiger charge is 2.16. The van der Waals surface area contributed by atoms with Crippen LogP contribution in [-0.4, -0.2) is 17.0 Å². The SMILES string of the molecule is CC(=O)ON(N)C(=O)c1ccc(Cl)c(Cl)c1. The molecule has 7 heteroatoms. The van der Waals surface area contributed by atoms with Crippen molar-refractivity contribution in [3.63, 3.8) is 0 Å². The second-order valence-electron chi connectivity index (χ2n) is 2.84. The van der Waals surface area contributed by atoms with Gasteiger partial charge in [-0.25, -0.2) is 10.6 Å². The van der Waals surface area contributed by atoms with Crippen LogP contribution in [-0.2, 0) is 9.63 Å². The molecule has 1 aromatic carbocycles. The molecule has 1 rings (SSSR count). The van der Waals surface area contributed by atoms with E-state index in [0.717, 1.165) is 6.92 Å². The van der Waals surface area contributed by atoms with E-state index in [0.29, 0.717) is 10.2 Å². The molecular weight excluding hydrogens is 255 g/mol. The number of nitrogens with two attached hydrogens (primary N) is 1. The van der Waals surface area contributed by atoms with Crippen molar-refractivity contribution in [2.24, 2.45) is 5.84 Å². The molecule has 0 atom stereocenters. The van der Waals surface area contributed by atoms with Crippen molar-refractivity contribution in [2.45, 2.75) is 6.92 Å². The predicted molar refractivity (Wildman–Crippen MR) is 58.6 cm³/mol. The summed E-state index contributed by atoms with van der Waals surface area (Å²) in [6.45, 7) is 1.13. The minimum Gasteiger partial charge on any atom is -0.323 e. The lowest BCUT2D eigenvalue weighted by atomic mass is 10.2. The first-order chi connectivity index (χ1) is 7.41. The molecule has 0 aliphatic carbocycles. The van der Waals surface area contributed by atoms with Gasteiger partial charge in [0.05, 0.1) is 10.0 Å². The van der Waals surface area contributed by atoms with Crippen molar-refractivity contribution in [3.8, 4) is 0 Å². The molecule has 1 amide bonds. The number of nitrogens with zero attached hydrogens (tertiary/aromatic N) is 1. The molecule has 5 nitrogen and oxygen atoms in total. The Hall–Kier alpha value is -1.30. The van der Waals surface area contributed by atoms with Crippen molar-refractivity contribution in [1.82, 2.24) is 5.17 Å². The van der Waals surface area contributed by atoms with Crippen molar-refractivity contribution >= 4 is 35.1 Å². The molecule has 86 valence electrons. The molecule has 2 N–H and O–H groups in total. The summed E-state index contributed by atoms with van der Waals surface area (Å²) in [4.78, 5) is 26.5. The van der Waals surface area contributed by atoms with Crippen LogP contribution in [0, 0.1) is 0 Å². The van der Waals surface area contributed by atoms with Crippen LogP contribution in [0.4, 0.5) is 0 Å². The number of carbonyl (C=O) groups excluding carboxylic acids is 2. The predicted octanol–water partition coefficient (Wildman–Crippen LogP) is 1.79. The highest BCUT2D eigenvalue weighted by molar-refractivity contribution is 6.42. The molecule has 0 aliphatic rings. The van der Waals surface area contributed by atoms with Crippen LogP contribution in [0.5, 0.6) is 0 Å². The molecule has 0 unspecified atom stereocenters. The standard InChI is InChI=1S/C9H8Cl2N2O3/c1-5(14)16-13(12)9(15)6-2-3-7(10)8(11)4-6/h2-4H,12H2,1H3. The van der Waals surface area contributed by atoms with Crippen LogP contribution < -0.4 is 5.84 Å². The number of hydrazine groups is 1. The smallest absolute Gasteiger partial charge is 0.323 e. The Labute approximate surface area is 102 Å². The van der Waals surface area contributed by atoms with Gasteiger partial charge in [0, 0.05) is 12.5 Å². The first kappa shape index (κ1) is 12.8. The second kappa shape index (κ2) is 5.16. The monoisotopic (exact) mass is 262 g/mol. The van der Waals surface area contributed by atoms with Gasteiger partial charge >= 0.3 is 11.9 Å². The lowest BCUT2D eigenvalue weighted by Crippen LogP contribution is -2.38. The summed E-state index contributed by atoms with van der Waals surface area (Å²) in [5, 5.41) is 0.861. The van der Waals surface area contributed by atoms with Gasteiger partial charge in [0.15, 0.2) is 0 Å². The molecular formula is C9H8Cl2N2O3. The molecule has 0 fully saturated rings. The van der Waals surface area contributed by atoms with Gasteiger partial charge in [0.2, 0.25) is 0 Å². The first-order valence-corrected chi connectivity index (χ1v) is 4.90. The van der Waals surface area contributed by atoms with Crippen LogP contribution in [0.1, 0.15) is 17.3 Å². The van der Waals surface area contributed by atoms with E-state index in [4.69, 9.17) is 29.0 Å². The molecule has 0 heterocycles. The third-order valence-corrected chi connectivity index (χ3v) is 2.33. The van der Waals surface area contributed by atoms with Crippen molar-refractivity contribution in [2.75, 3.05) is 0 Å². The Balaban J connectivity index is 2.88. The number of benzene rings is 1. The van der Waals surface area contributed by atoms with E-state index in [9.17, 15) is 9.59 Å². The van der Waals surface area contributed by atoms with Crippen molar-refractivity contribution < 1.29 is 14.4 Å². The van der Waals surface area contributed by atoms with Crippen LogP contribution in [0.15, 0.2) is 18.2 Å². The third-order valence-electron chi connectivity index (χ3n) is 1.59. The lowest BCUT2D eigenvalue weighted by molar-refractivity contribution is -0.175. The highest BCUT2D eigenvalue weighted by atomic mass is 35.5. The number of halogens is 2. The van der Waals surface area contributed by atoms with Crippen LogP contribution in [0.25, 0.3) is 0 Å². The summed E-state index contributed by atoms with van der Waals surface area (Å²) >= 11 is 11.4. The van der Waals surface area contributed by atoms with E-state index in [1.807, 2.05) is 0 Å². The second-order valence-corrected chi connectivity index (χ2v) is 3.66. The van der Waals surface area contributed by atoms with Crippen LogP contribution in [0.2, 0.25) is 10.0 Å². The summed E-state index contributed by atoms with van der Waals surface area (Å²) in [6.07, 6.45) is 0. The Morgan fingerprint density at radius 1 is 1.31 bits per heavy atom. The Morgan fingerprint density at radius 2 is 1.94 bits per heavy atom. The number of rotatable bonds is 1. The van der Waals surface area contributed by atoms with Crippen LogP contribution in [0.3, 0.4) is 0 Å². The van der Waals surface area contributed by atoms with Gasteiger partial charge in [0.1, 0.15) is 0 Å². The van der Waals surface area contributed by atoms with E-state index in [1.165, 1.54) is 18.2 Å². The van der Waals surface area contributed by atoms with Gasteiger partial charge in [-0.15, -0.1) is 0 Å². The van der Waals surface area contributed by atoms with Gasteiger partial charge in [0.25, 0.3) is 0 Å². The zero-order valence-corrected chi connectivity index (χ0v) is 9.75. The molecule has 0 aromatic heterocycles. The third kappa shape index (κ3) is 3.10. The Morgan fingerprint density at radius 3 is 2.44 bits per heavy atom. The summed E-state index contributed by atoms with van der Waals surface area (Å²) in [5.41, 5.74) is 0.165. The Kier molecular flexibility index (Phi) is 4.12. The number of amides is 1. The highest BCUT2D eigenvalue weighted by Crippen LogP contribution is 2.22. The molecule has 0 saturated heterocycles. The summed E-state index contributed by atoms with van der Waals surface area (Å²) in [5.74, 6) is 3.80. The molecule has 0 aliphatic heterocycles. The Bertz CT molecular complexity index is 437. The fourth-order valence-corrected chi connectivity index (χ4v) is 1.23. The average Bonchev–Trinajstić information content (AvgIpc) is 2.20. The summed E-state index contributed by atoms with van der Waals surface area (Å²) in [7, 11) is 0. The molecule has 0 spiro atoms. The number of hydrogen-bond acceptors (Lipinski definition) is 4. The minimum atomic E-state index is -0.700. The molecule has 0 radical (unpaired) electrons. The molecule has 16 heavy (non-hydrogen) atoms.